The normalized spacial score (nSPS) is 22.2. The van der Waals surface area contributed by atoms with Crippen LogP contribution in [0.2, 0.25) is 0 Å². The number of pyridine rings is 1. The number of hydrogen-bond donors (Lipinski definition) is 1. The summed E-state index contributed by atoms with van der Waals surface area (Å²) >= 11 is 0. The van der Waals surface area contributed by atoms with Gasteiger partial charge in [0.2, 0.25) is 0 Å². The van der Waals surface area contributed by atoms with Crippen molar-refractivity contribution >= 4 is 17.4 Å². The summed E-state index contributed by atoms with van der Waals surface area (Å²) in [6.45, 7) is 2.79. The standard InChI is InChI=1S/C20H21FN6O/c1-12-4-5-15-14(9-13(21)10-22-15)16-3-2-8-26(16)19-7-6-18-23-11-17(20(28)24-12)27(18)25-19/h6-7,9-12,16H,2-5,8H2,1H3,(H,24,28)/t12-,16-/m1/s1. The number of carbonyl (C=O) groups excluding carboxylic acids is 1. The Kier molecular flexibility index (Phi) is 3.99. The number of hydrogen-bond acceptors (Lipinski definition) is 5. The van der Waals surface area contributed by atoms with Gasteiger partial charge in [0.15, 0.2) is 11.3 Å². The Morgan fingerprint density at radius 2 is 2.11 bits per heavy atom. The fourth-order valence-corrected chi connectivity index (χ4v) is 4.24. The van der Waals surface area contributed by atoms with Gasteiger partial charge in [0.05, 0.1) is 18.4 Å². The topological polar surface area (TPSA) is 75.4 Å². The highest BCUT2D eigenvalue weighted by Crippen LogP contribution is 2.37. The molecule has 8 heteroatoms. The molecule has 5 heterocycles. The highest BCUT2D eigenvalue weighted by molar-refractivity contribution is 5.93. The molecule has 28 heavy (non-hydrogen) atoms. The smallest absolute Gasteiger partial charge is 0.271 e. The molecule has 3 aromatic rings. The van der Waals surface area contributed by atoms with Gasteiger partial charge in [-0.15, -0.1) is 5.10 Å². The summed E-state index contributed by atoms with van der Waals surface area (Å²) in [6, 6.07) is 5.35. The van der Waals surface area contributed by atoms with E-state index < -0.39 is 0 Å². The molecule has 1 fully saturated rings. The SMILES string of the molecule is C[C@@H]1CCc2ncc(F)cc2[C@H]2CCCN2c2ccc3ncc(n3n2)C(=O)N1. The molecular weight excluding hydrogens is 359 g/mol. The molecule has 1 amide bonds. The van der Waals surface area contributed by atoms with Gasteiger partial charge in [-0.25, -0.2) is 13.9 Å². The highest BCUT2D eigenvalue weighted by Gasteiger charge is 2.31. The van der Waals surface area contributed by atoms with Crippen LogP contribution in [0.25, 0.3) is 5.65 Å². The molecule has 0 saturated carbocycles. The van der Waals surface area contributed by atoms with Gasteiger partial charge >= 0.3 is 0 Å². The summed E-state index contributed by atoms with van der Waals surface area (Å²) in [4.78, 5) is 23.6. The fourth-order valence-electron chi connectivity index (χ4n) is 4.24. The van der Waals surface area contributed by atoms with Crippen molar-refractivity contribution in [3.8, 4) is 0 Å². The minimum Gasteiger partial charge on any atom is -0.348 e. The zero-order chi connectivity index (χ0) is 19.3. The summed E-state index contributed by atoms with van der Waals surface area (Å²) in [5.74, 6) is 0.232. The molecule has 5 rings (SSSR count). The van der Waals surface area contributed by atoms with Gasteiger partial charge in [-0.2, -0.15) is 0 Å². The van der Waals surface area contributed by atoms with Crippen LogP contribution in [0.5, 0.6) is 0 Å². The summed E-state index contributed by atoms with van der Waals surface area (Å²) in [7, 11) is 0. The molecule has 2 aliphatic heterocycles. The molecule has 0 unspecified atom stereocenters. The monoisotopic (exact) mass is 380 g/mol. The van der Waals surface area contributed by atoms with E-state index in [2.05, 4.69) is 20.2 Å². The maximum atomic E-state index is 14.1. The third kappa shape index (κ3) is 2.80. The van der Waals surface area contributed by atoms with Crippen LogP contribution in [0.15, 0.2) is 30.6 Å². The average Bonchev–Trinajstić information content (AvgIpc) is 3.32. The van der Waals surface area contributed by atoms with Crippen LogP contribution in [0.3, 0.4) is 0 Å². The molecule has 2 aliphatic rings. The lowest BCUT2D eigenvalue weighted by Gasteiger charge is -2.27. The Bertz CT molecular complexity index is 1060. The van der Waals surface area contributed by atoms with Crippen LogP contribution in [0.1, 0.15) is 54.0 Å². The molecule has 0 radical (unpaired) electrons. The second-order valence-corrected chi connectivity index (χ2v) is 7.56. The van der Waals surface area contributed by atoms with E-state index in [0.717, 1.165) is 42.9 Å². The maximum absolute atomic E-state index is 14.1. The lowest BCUT2D eigenvalue weighted by molar-refractivity contribution is 0.0931. The number of nitrogens with zero attached hydrogens (tertiary/aromatic N) is 5. The lowest BCUT2D eigenvalue weighted by atomic mass is 9.98. The van der Waals surface area contributed by atoms with Gasteiger partial charge in [-0.1, -0.05) is 0 Å². The number of aromatic nitrogens is 4. The van der Waals surface area contributed by atoms with Crippen molar-refractivity contribution in [2.75, 3.05) is 11.4 Å². The molecule has 0 spiro atoms. The zero-order valence-electron chi connectivity index (χ0n) is 15.6. The minimum atomic E-state index is -0.323. The van der Waals surface area contributed by atoms with Gasteiger partial charge in [0.25, 0.3) is 5.91 Å². The van der Waals surface area contributed by atoms with Gasteiger partial charge in [-0.3, -0.25) is 9.78 Å². The van der Waals surface area contributed by atoms with Crippen LogP contribution < -0.4 is 10.2 Å². The van der Waals surface area contributed by atoms with Crippen molar-refractivity contribution in [1.29, 1.82) is 0 Å². The quantitative estimate of drug-likeness (QED) is 0.649. The predicted octanol–water partition coefficient (Wildman–Crippen LogP) is 2.67. The Labute approximate surface area is 161 Å². The van der Waals surface area contributed by atoms with Crippen molar-refractivity contribution in [1.82, 2.24) is 24.9 Å². The zero-order valence-corrected chi connectivity index (χ0v) is 15.6. The van der Waals surface area contributed by atoms with Crippen molar-refractivity contribution in [3.05, 3.63) is 53.4 Å². The van der Waals surface area contributed by atoms with Gasteiger partial charge in [0.1, 0.15) is 11.6 Å². The highest BCUT2D eigenvalue weighted by atomic mass is 19.1. The number of nitrogens with one attached hydrogen (secondary N) is 1. The summed E-state index contributed by atoms with van der Waals surface area (Å²) in [5, 5.41) is 7.71. The Morgan fingerprint density at radius 3 is 3.00 bits per heavy atom. The van der Waals surface area contributed by atoms with Gasteiger partial charge < -0.3 is 10.2 Å². The Balaban J connectivity index is 1.69. The first-order valence-electron chi connectivity index (χ1n) is 9.67. The van der Waals surface area contributed by atoms with Gasteiger partial charge in [-0.05, 0) is 56.4 Å². The van der Waals surface area contributed by atoms with E-state index in [-0.39, 0.29) is 23.8 Å². The van der Waals surface area contributed by atoms with Crippen LogP contribution in [-0.2, 0) is 6.42 Å². The number of fused-ring (bicyclic) bond motifs is 5. The molecule has 0 aromatic carbocycles. The second kappa shape index (κ2) is 6.54. The summed E-state index contributed by atoms with van der Waals surface area (Å²) in [6.07, 6.45) is 6.14. The van der Waals surface area contributed by atoms with E-state index in [1.807, 2.05) is 19.1 Å². The molecule has 1 saturated heterocycles. The molecule has 0 aliphatic carbocycles. The number of imidazole rings is 1. The molecule has 1 N–H and O–H groups in total. The third-order valence-electron chi connectivity index (χ3n) is 5.65. The second-order valence-electron chi connectivity index (χ2n) is 7.56. The van der Waals surface area contributed by atoms with Crippen LogP contribution in [0.4, 0.5) is 10.2 Å². The first kappa shape index (κ1) is 17.1. The van der Waals surface area contributed by atoms with E-state index in [4.69, 9.17) is 5.10 Å². The van der Waals surface area contributed by atoms with Crippen LogP contribution >= 0.6 is 0 Å². The van der Waals surface area contributed by atoms with Crippen molar-refractivity contribution in [3.63, 3.8) is 0 Å². The minimum absolute atomic E-state index is 0.0230. The van der Waals surface area contributed by atoms with E-state index in [1.165, 1.54) is 6.20 Å². The number of carbonyl (C=O) groups is 1. The van der Waals surface area contributed by atoms with E-state index in [9.17, 15) is 9.18 Å². The fraction of sp³-hybridized carbons (Fsp3) is 0.400. The largest absolute Gasteiger partial charge is 0.348 e. The number of anilines is 1. The van der Waals surface area contributed by atoms with E-state index in [0.29, 0.717) is 17.8 Å². The van der Waals surface area contributed by atoms with Crippen LogP contribution in [-0.4, -0.2) is 38.1 Å². The Morgan fingerprint density at radius 1 is 1.21 bits per heavy atom. The molecule has 7 nitrogen and oxygen atoms in total. The number of aryl methyl sites for hydroxylation is 1. The summed E-state index contributed by atoms with van der Waals surface area (Å²) in [5.41, 5.74) is 2.85. The third-order valence-corrected chi connectivity index (χ3v) is 5.65. The van der Waals surface area contributed by atoms with Crippen molar-refractivity contribution < 1.29 is 9.18 Å². The number of rotatable bonds is 0. The van der Waals surface area contributed by atoms with Crippen molar-refractivity contribution in [2.45, 2.75) is 44.7 Å². The number of halogens is 1. The average molecular weight is 380 g/mol. The molecule has 2 atom stereocenters. The molecule has 2 bridgehead atoms. The van der Waals surface area contributed by atoms with Crippen molar-refractivity contribution in [2.24, 2.45) is 0 Å². The first-order chi connectivity index (χ1) is 13.6. The Hall–Kier alpha value is -3.03. The number of amides is 1. The molecule has 144 valence electrons. The lowest BCUT2D eigenvalue weighted by Crippen LogP contribution is -2.33. The predicted molar refractivity (Wildman–Crippen MR) is 102 cm³/mol. The van der Waals surface area contributed by atoms with Gasteiger partial charge in [0, 0.05) is 18.3 Å². The maximum Gasteiger partial charge on any atom is 0.271 e. The van der Waals surface area contributed by atoms with E-state index in [1.54, 1.807) is 16.8 Å². The molecule has 3 aromatic heterocycles. The molecular formula is C20H21FN6O. The summed E-state index contributed by atoms with van der Waals surface area (Å²) < 4.78 is 15.6. The van der Waals surface area contributed by atoms with Crippen LogP contribution in [0, 0.1) is 5.82 Å². The van der Waals surface area contributed by atoms with E-state index >= 15 is 0 Å². The first-order valence-corrected chi connectivity index (χ1v) is 9.67.